The maximum atomic E-state index is 12.7. The van der Waals surface area contributed by atoms with E-state index in [1.807, 2.05) is 31.2 Å². The highest BCUT2D eigenvalue weighted by Gasteiger charge is 2.18. The number of carbonyl (C=O) groups is 3. The van der Waals surface area contributed by atoms with Crippen LogP contribution in [0.3, 0.4) is 0 Å². The van der Waals surface area contributed by atoms with Crippen molar-refractivity contribution in [2.24, 2.45) is 0 Å². The Bertz CT molecular complexity index is 868. The molecule has 2 rings (SSSR count). The van der Waals surface area contributed by atoms with Crippen molar-refractivity contribution < 1.29 is 14.4 Å². The summed E-state index contributed by atoms with van der Waals surface area (Å²) in [5.74, 6) is -0.225. The van der Waals surface area contributed by atoms with Gasteiger partial charge in [-0.25, -0.2) is 0 Å². The fourth-order valence-corrected chi connectivity index (χ4v) is 3.77. The van der Waals surface area contributed by atoms with Gasteiger partial charge in [0.15, 0.2) is 0 Å². The fourth-order valence-electron chi connectivity index (χ4n) is 2.76. The minimum Gasteiger partial charge on any atom is -0.326 e. The Balaban J connectivity index is 1.97. The van der Waals surface area contributed by atoms with Gasteiger partial charge in [0.05, 0.1) is 5.25 Å². The molecule has 160 valence electrons. The smallest absolute Gasteiger partial charge is 0.237 e. The summed E-state index contributed by atoms with van der Waals surface area (Å²) < 4.78 is 0. The van der Waals surface area contributed by atoms with Crippen molar-refractivity contribution in [1.29, 1.82) is 0 Å². The summed E-state index contributed by atoms with van der Waals surface area (Å²) in [4.78, 5) is 36.7. The van der Waals surface area contributed by atoms with Crippen LogP contribution in [-0.2, 0) is 14.4 Å². The van der Waals surface area contributed by atoms with Crippen LogP contribution in [0.15, 0.2) is 53.4 Å². The number of nitrogens with one attached hydrogen (secondary N) is 3. The van der Waals surface area contributed by atoms with Crippen LogP contribution in [0.1, 0.15) is 46.5 Å². The predicted octanol–water partition coefficient (Wildman–Crippen LogP) is 5.28. The van der Waals surface area contributed by atoms with Crippen molar-refractivity contribution in [2.75, 3.05) is 16.0 Å². The van der Waals surface area contributed by atoms with E-state index in [1.54, 1.807) is 24.3 Å². The fraction of sp³-hybridized carbons (Fsp3) is 0.348. The molecule has 0 aromatic heterocycles. The number of anilines is 3. The Morgan fingerprint density at radius 2 is 1.57 bits per heavy atom. The summed E-state index contributed by atoms with van der Waals surface area (Å²) in [7, 11) is 0. The molecule has 3 N–H and O–H groups in total. The average molecular weight is 428 g/mol. The Hall–Kier alpha value is -2.80. The number of carbonyl (C=O) groups excluding carboxylic acids is 3. The molecule has 0 radical (unpaired) electrons. The second-order valence-corrected chi connectivity index (χ2v) is 8.22. The van der Waals surface area contributed by atoms with Crippen molar-refractivity contribution in [3.8, 4) is 0 Å². The molecule has 0 bridgehead atoms. The van der Waals surface area contributed by atoms with E-state index in [9.17, 15) is 14.4 Å². The van der Waals surface area contributed by atoms with E-state index in [4.69, 9.17) is 0 Å². The van der Waals surface area contributed by atoms with Crippen LogP contribution in [0, 0.1) is 0 Å². The minimum atomic E-state index is -0.272. The standard InChI is InChI=1S/C23H29N3O3S/c1-4-6-10-22(28)25-19-8-7-9-20(15-19)30-21(5-2)23(29)26-18-13-11-17(12-14-18)24-16(3)27/h7-9,11-15,21H,4-6,10H2,1-3H3,(H,24,27)(H,25,28)(H,26,29). The quantitative estimate of drug-likeness (QED) is 0.450. The molecule has 0 aliphatic rings. The zero-order chi connectivity index (χ0) is 21.9. The van der Waals surface area contributed by atoms with Crippen molar-refractivity contribution in [2.45, 2.75) is 56.6 Å². The van der Waals surface area contributed by atoms with E-state index >= 15 is 0 Å². The number of amides is 3. The van der Waals surface area contributed by atoms with Crippen molar-refractivity contribution >= 4 is 46.5 Å². The molecule has 1 atom stereocenters. The van der Waals surface area contributed by atoms with E-state index in [-0.39, 0.29) is 23.0 Å². The molecule has 0 saturated heterocycles. The van der Waals surface area contributed by atoms with Crippen LogP contribution < -0.4 is 16.0 Å². The van der Waals surface area contributed by atoms with Crippen molar-refractivity contribution in [3.05, 3.63) is 48.5 Å². The van der Waals surface area contributed by atoms with Crippen LogP contribution in [0.2, 0.25) is 0 Å². The average Bonchev–Trinajstić information content (AvgIpc) is 2.71. The van der Waals surface area contributed by atoms with Gasteiger partial charge in [0.25, 0.3) is 0 Å². The number of rotatable bonds is 10. The van der Waals surface area contributed by atoms with E-state index < -0.39 is 0 Å². The lowest BCUT2D eigenvalue weighted by atomic mass is 10.2. The second-order valence-electron chi connectivity index (χ2n) is 6.94. The predicted molar refractivity (Wildman–Crippen MR) is 124 cm³/mol. The SMILES string of the molecule is CCCCC(=O)Nc1cccc(SC(CC)C(=O)Nc2ccc(NC(C)=O)cc2)c1. The highest BCUT2D eigenvalue weighted by molar-refractivity contribution is 8.00. The zero-order valence-corrected chi connectivity index (χ0v) is 18.5. The summed E-state index contributed by atoms with van der Waals surface area (Å²) in [6, 6.07) is 14.6. The summed E-state index contributed by atoms with van der Waals surface area (Å²) >= 11 is 1.47. The number of hydrogen-bond acceptors (Lipinski definition) is 4. The minimum absolute atomic E-state index is 0.00601. The summed E-state index contributed by atoms with van der Waals surface area (Å²) in [6.45, 7) is 5.47. The Labute approximate surface area is 182 Å². The molecule has 0 heterocycles. The molecular weight excluding hydrogens is 398 g/mol. The normalized spacial score (nSPS) is 11.4. The molecule has 0 saturated carbocycles. The van der Waals surface area contributed by atoms with Gasteiger partial charge in [-0.2, -0.15) is 0 Å². The second kappa shape index (κ2) is 12.0. The van der Waals surface area contributed by atoms with Crippen LogP contribution in [0.5, 0.6) is 0 Å². The first-order chi connectivity index (χ1) is 14.4. The van der Waals surface area contributed by atoms with Gasteiger partial charge in [-0.3, -0.25) is 14.4 Å². The van der Waals surface area contributed by atoms with Crippen molar-refractivity contribution in [3.63, 3.8) is 0 Å². The van der Waals surface area contributed by atoms with Gasteiger partial charge in [0, 0.05) is 35.3 Å². The summed E-state index contributed by atoms with van der Waals surface area (Å²) in [5.41, 5.74) is 2.09. The lowest BCUT2D eigenvalue weighted by molar-refractivity contribution is -0.116. The van der Waals surface area contributed by atoms with Gasteiger partial charge < -0.3 is 16.0 Å². The third-order valence-corrected chi connectivity index (χ3v) is 5.65. The Morgan fingerprint density at radius 1 is 0.900 bits per heavy atom. The molecule has 2 aromatic carbocycles. The van der Waals surface area contributed by atoms with Crippen molar-refractivity contribution in [1.82, 2.24) is 0 Å². The number of thioether (sulfide) groups is 1. The van der Waals surface area contributed by atoms with Crippen LogP contribution >= 0.6 is 11.8 Å². The lowest BCUT2D eigenvalue weighted by Crippen LogP contribution is -2.24. The molecule has 0 spiro atoms. The highest BCUT2D eigenvalue weighted by atomic mass is 32.2. The molecular formula is C23H29N3O3S. The van der Waals surface area contributed by atoms with E-state index in [1.165, 1.54) is 18.7 Å². The molecule has 2 aromatic rings. The first-order valence-electron chi connectivity index (χ1n) is 10.2. The first kappa shape index (κ1) is 23.5. The van der Waals surface area contributed by atoms with Gasteiger partial charge in [-0.05, 0) is 55.3 Å². The third-order valence-electron chi connectivity index (χ3n) is 4.29. The molecule has 0 aliphatic carbocycles. The molecule has 0 fully saturated rings. The number of hydrogen-bond donors (Lipinski definition) is 3. The summed E-state index contributed by atoms with van der Waals surface area (Å²) in [5, 5.41) is 8.26. The third kappa shape index (κ3) is 7.91. The molecule has 6 nitrogen and oxygen atoms in total. The van der Waals surface area contributed by atoms with Gasteiger partial charge >= 0.3 is 0 Å². The van der Waals surface area contributed by atoms with E-state index in [0.717, 1.165) is 23.4 Å². The van der Waals surface area contributed by atoms with Crippen LogP contribution in [0.4, 0.5) is 17.1 Å². The number of unbranched alkanes of at least 4 members (excludes halogenated alkanes) is 1. The topological polar surface area (TPSA) is 87.3 Å². The molecule has 3 amide bonds. The first-order valence-corrected chi connectivity index (χ1v) is 11.0. The monoisotopic (exact) mass is 427 g/mol. The maximum Gasteiger partial charge on any atom is 0.237 e. The van der Waals surface area contributed by atoms with Gasteiger partial charge in [-0.1, -0.05) is 26.3 Å². The molecule has 30 heavy (non-hydrogen) atoms. The number of benzene rings is 2. The Morgan fingerprint density at radius 3 is 2.17 bits per heavy atom. The Kier molecular flexibility index (Phi) is 9.41. The van der Waals surface area contributed by atoms with Gasteiger partial charge in [0.2, 0.25) is 17.7 Å². The van der Waals surface area contributed by atoms with E-state index in [0.29, 0.717) is 24.2 Å². The zero-order valence-electron chi connectivity index (χ0n) is 17.7. The molecule has 7 heteroatoms. The van der Waals surface area contributed by atoms with Crippen LogP contribution in [0.25, 0.3) is 0 Å². The largest absolute Gasteiger partial charge is 0.326 e. The van der Waals surface area contributed by atoms with Gasteiger partial charge in [-0.15, -0.1) is 11.8 Å². The molecule has 1 unspecified atom stereocenters. The lowest BCUT2D eigenvalue weighted by Gasteiger charge is -2.16. The molecule has 0 aliphatic heterocycles. The maximum absolute atomic E-state index is 12.7. The van der Waals surface area contributed by atoms with Crippen LogP contribution in [-0.4, -0.2) is 23.0 Å². The van der Waals surface area contributed by atoms with Gasteiger partial charge in [0.1, 0.15) is 0 Å². The highest BCUT2D eigenvalue weighted by Crippen LogP contribution is 2.29. The van der Waals surface area contributed by atoms with E-state index in [2.05, 4.69) is 22.9 Å². The summed E-state index contributed by atoms with van der Waals surface area (Å²) in [6.07, 6.45) is 3.01.